The van der Waals surface area contributed by atoms with Crippen molar-refractivity contribution in [3.05, 3.63) is 156 Å². The summed E-state index contributed by atoms with van der Waals surface area (Å²) in [6.45, 7) is 7.06. The molecule has 16 atom stereocenters. The minimum Gasteiger partial charge on any atom is -0.469 e. The third-order valence-corrected chi connectivity index (χ3v) is 20.7. The predicted octanol–water partition coefficient (Wildman–Crippen LogP) is 9.26. The molecule has 446 valence electrons. The Kier molecular flexibility index (Phi) is 19.0. The van der Waals surface area contributed by atoms with Crippen LogP contribution < -0.4 is 21.3 Å². The number of para-hydroxylation sites is 1. The molecule has 1 saturated heterocycles. The number of esters is 1. The number of benzene rings is 3. The number of carbonyl (C=O) groups is 5. The molecule has 5 aliphatic rings. The molecule has 0 spiro atoms. The fourth-order valence-electron chi connectivity index (χ4n) is 16.3. The lowest BCUT2D eigenvalue weighted by Gasteiger charge is -2.63. The van der Waals surface area contributed by atoms with E-state index in [-0.39, 0.29) is 83.5 Å². The number of hydrogen-bond donors (Lipinski definition) is 7. The van der Waals surface area contributed by atoms with Gasteiger partial charge in [0.05, 0.1) is 37.4 Å². The van der Waals surface area contributed by atoms with Crippen molar-refractivity contribution in [2.24, 2.45) is 46.3 Å². The molecule has 0 bridgehead atoms. The van der Waals surface area contributed by atoms with Crippen molar-refractivity contribution in [1.29, 1.82) is 0 Å². The van der Waals surface area contributed by atoms with Crippen molar-refractivity contribution in [2.75, 3.05) is 24.3 Å². The number of carbonyl (C=O) groups excluding carboxylic acids is 5. The minimum atomic E-state index is -1.04. The van der Waals surface area contributed by atoms with Crippen LogP contribution in [0.25, 0.3) is 0 Å². The Morgan fingerprint density at radius 1 is 0.762 bits per heavy atom. The van der Waals surface area contributed by atoms with Crippen molar-refractivity contribution < 1.29 is 44.0 Å². The van der Waals surface area contributed by atoms with Crippen molar-refractivity contribution >= 4 is 41.1 Å². The van der Waals surface area contributed by atoms with Gasteiger partial charge in [0.25, 0.3) is 0 Å². The number of pyridine rings is 2. The SMILES string of the molecule is COC(=O)CCC(C)C1CC[C@H]2[C@@H]3[C@H](O)C[C@@H]4C[C@@H](NC(=O)CCC(=O)N[C@@H](Cc5ccccc5)C(=O)N5CCC[C@H]5C(=O)Nc5ccccc5[C@H](Nc5ccccn5)[C@@H](c5ccccn5)[C@@H](O)c5ccccc5)CC[C@]4(C)[C@H]3C[C@H](O)[C@]12C. The Morgan fingerprint density at radius 3 is 2.19 bits per heavy atom. The zero-order valence-corrected chi connectivity index (χ0v) is 49.0. The number of hydrogen-bond acceptors (Lipinski definition) is 12. The largest absolute Gasteiger partial charge is 0.469 e. The number of nitrogens with zero attached hydrogens (tertiary/aromatic N) is 3. The van der Waals surface area contributed by atoms with Crippen molar-refractivity contribution in [3.8, 4) is 0 Å². The number of ether oxygens (including phenoxy) is 1. The van der Waals surface area contributed by atoms with Crippen LogP contribution in [0.15, 0.2) is 134 Å². The van der Waals surface area contributed by atoms with Crippen molar-refractivity contribution in [1.82, 2.24) is 25.5 Å². The van der Waals surface area contributed by atoms with Gasteiger partial charge < -0.3 is 46.2 Å². The Bertz CT molecular complexity index is 3050. The summed E-state index contributed by atoms with van der Waals surface area (Å²) >= 11 is 0. The number of nitrogens with one attached hydrogen (secondary N) is 4. The maximum Gasteiger partial charge on any atom is 0.305 e. The summed E-state index contributed by atoms with van der Waals surface area (Å²) in [4.78, 5) is 80.3. The van der Waals surface area contributed by atoms with Gasteiger partial charge in [0.15, 0.2) is 0 Å². The van der Waals surface area contributed by atoms with Crippen LogP contribution in [0.4, 0.5) is 11.5 Å². The van der Waals surface area contributed by atoms with Crippen molar-refractivity contribution in [3.63, 3.8) is 0 Å². The number of aromatic nitrogens is 2. The van der Waals surface area contributed by atoms with Gasteiger partial charge in [0.2, 0.25) is 23.6 Å². The summed E-state index contributed by atoms with van der Waals surface area (Å²) in [7, 11) is 1.42. The van der Waals surface area contributed by atoms with Gasteiger partial charge >= 0.3 is 5.97 Å². The number of rotatable bonds is 21. The predicted molar refractivity (Wildman–Crippen MR) is 320 cm³/mol. The van der Waals surface area contributed by atoms with E-state index in [0.717, 1.165) is 31.2 Å². The standard InChI is InChI=1S/C68H85N7O9/c1-42(27-32-60(80)84-4)48-28-29-49-61-50(41-56(77)68(48,49)3)67(2)34-33-46(39-45(67)40-55(61)76)71-58(78)30-31-59(79)72-53(38-43-18-7-5-8-19-43)66(83)75-37-17-25-54(75)65(82)73-51-23-12-11-22-47(51)63(74-57-26-14-16-36-70-57)62(52-24-13-15-35-69-52)64(81)44-20-9-6-10-21-44/h5-16,18-24,26,35-36,42,45-46,48-50,53-56,61-64,76-77,81H,17,25,27-34,37-41H2,1-4H3,(H,70,74)(H,71,78)(H,72,79)(H,73,82)/t42?,45-,46-,48?,49-,50-,53-,54-,55+,56-,61-,62+,63-,64-,67-,68+/m0/s1. The number of fused-ring (bicyclic) bond motifs is 5. The lowest BCUT2D eigenvalue weighted by molar-refractivity contribution is -0.202. The normalized spacial score (nSPS) is 28.8. The van der Waals surface area contributed by atoms with Crippen LogP contribution in [-0.4, -0.2) is 104 Å². The Labute approximate surface area is 494 Å². The van der Waals surface area contributed by atoms with Gasteiger partial charge in [0.1, 0.15) is 17.9 Å². The quantitative estimate of drug-likeness (QED) is 0.0341. The van der Waals surface area contributed by atoms with Gasteiger partial charge in [-0.25, -0.2) is 4.98 Å². The van der Waals surface area contributed by atoms with E-state index in [9.17, 15) is 39.3 Å². The van der Waals surface area contributed by atoms with Gasteiger partial charge in [-0.15, -0.1) is 0 Å². The molecule has 10 rings (SSSR count). The van der Waals surface area contributed by atoms with E-state index in [1.165, 1.54) is 7.11 Å². The molecule has 5 fully saturated rings. The van der Waals surface area contributed by atoms with Gasteiger partial charge in [0, 0.05) is 62.0 Å². The molecule has 3 heterocycles. The number of anilines is 2. The molecule has 0 radical (unpaired) electrons. The fourth-order valence-corrected chi connectivity index (χ4v) is 16.3. The third kappa shape index (κ3) is 12.8. The van der Waals surface area contributed by atoms with E-state index in [4.69, 9.17) is 9.72 Å². The molecule has 5 aromatic rings. The first-order valence-electron chi connectivity index (χ1n) is 30.6. The van der Waals surface area contributed by atoms with Gasteiger partial charge in [-0.1, -0.05) is 112 Å². The second kappa shape index (κ2) is 26.5. The van der Waals surface area contributed by atoms with Crippen molar-refractivity contribution in [2.45, 2.75) is 159 Å². The molecule has 2 aromatic heterocycles. The number of amides is 4. The van der Waals surface area contributed by atoms with E-state index in [0.29, 0.717) is 79.8 Å². The number of aliphatic hydroxyl groups excluding tert-OH is 3. The fraction of sp³-hybridized carbons (Fsp3) is 0.515. The monoisotopic (exact) mass is 1140 g/mol. The number of aliphatic hydroxyl groups is 3. The summed E-state index contributed by atoms with van der Waals surface area (Å²) < 4.78 is 4.93. The number of likely N-dealkylation sites (tertiary alicyclic amines) is 1. The van der Waals surface area contributed by atoms with Crippen LogP contribution >= 0.6 is 0 Å². The molecule has 4 aliphatic carbocycles. The summed E-state index contributed by atoms with van der Waals surface area (Å²) in [6, 6.07) is 34.6. The summed E-state index contributed by atoms with van der Waals surface area (Å²) in [5, 5.41) is 49.4. The molecule has 16 nitrogen and oxygen atoms in total. The summed E-state index contributed by atoms with van der Waals surface area (Å²) in [6.07, 6.45) is 8.78. The minimum absolute atomic E-state index is 0.0779. The molecule has 16 heteroatoms. The molecular formula is C68H85N7O9. The second-order valence-corrected chi connectivity index (χ2v) is 25.3. The first kappa shape index (κ1) is 60.1. The van der Waals surface area contributed by atoms with Gasteiger partial charge in [-0.05, 0) is 158 Å². The molecule has 4 saturated carbocycles. The van der Waals surface area contributed by atoms with Crippen LogP contribution in [-0.2, 0) is 35.1 Å². The molecule has 2 unspecified atom stereocenters. The molecule has 3 aromatic carbocycles. The molecular weight excluding hydrogens is 1060 g/mol. The van der Waals surface area contributed by atoms with Crippen LogP contribution in [0.2, 0.25) is 0 Å². The molecule has 7 N–H and O–H groups in total. The average Bonchev–Trinajstić information content (AvgIpc) is 1.38. The van der Waals surface area contributed by atoms with Crippen LogP contribution in [0.1, 0.15) is 145 Å². The first-order chi connectivity index (χ1) is 40.6. The van der Waals surface area contributed by atoms with E-state index < -0.39 is 60.1 Å². The summed E-state index contributed by atoms with van der Waals surface area (Å²) in [5.74, 6) is -0.792. The van der Waals surface area contributed by atoms with Crippen LogP contribution in [0.5, 0.6) is 0 Å². The average molecular weight is 1140 g/mol. The third-order valence-electron chi connectivity index (χ3n) is 20.7. The van der Waals surface area contributed by atoms with E-state index >= 15 is 0 Å². The van der Waals surface area contributed by atoms with Crippen LogP contribution in [0.3, 0.4) is 0 Å². The second-order valence-electron chi connectivity index (χ2n) is 25.3. The lowest BCUT2D eigenvalue weighted by Crippen LogP contribution is -2.63. The summed E-state index contributed by atoms with van der Waals surface area (Å²) in [5.41, 5.74) is 2.81. The smallest absolute Gasteiger partial charge is 0.305 e. The van der Waals surface area contributed by atoms with Gasteiger partial charge in [-0.2, -0.15) is 0 Å². The molecule has 1 aliphatic heterocycles. The highest BCUT2D eigenvalue weighted by Crippen LogP contribution is 2.68. The lowest BCUT2D eigenvalue weighted by atomic mass is 9.43. The van der Waals surface area contributed by atoms with E-state index in [2.05, 4.69) is 47.0 Å². The Hall–Kier alpha value is -7.01. The zero-order valence-electron chi connectivity index (χ0n) is 49.0. The zero-order chi connectivity index (χ0) is 59.1. The highest BCUT2D eigenvalue weighted by Gasteiger charge is 2.66. The maximum absolute atomic E-state index is 14.9. The molecule has 4 amide bonds. The first-order valence-corrected chi connectivity index (χ1v) is 30.6. The topological polar surface area (TPSA) is 232 Å². The maximum atomic E-state index is 14.9. The molecule has 84 heavy (non-hydrogen) atoms. The number of methoxy groups -OCH3 is 1. The Morgan fingerprint density at radius 2 is 1.46 bits per heavy atom. The highest BCUT2D eigenvalue weighted by atomic mass is 16.5. The van der Waals surface area contributed by atoms with E-state index in [1.807, 2.05) is 121 Å². The van der Waals surface area contributed by atoms with Crippen LogP contribution in [0, 0.1) is 46.3 Å². The highest BCUT2D eigenvalue weighted by molar-refractivity contribution is 5.99. The van der Waals surface area contributed by atoms with E-state index in [1.54, 1.807) is 17.3 Å². The Balaban J connectivity index is 0.787. The van der Waals surface area contributed by atoms with Gasteiger partial charge in [-0.3, -0.25) is 29.0 Å².